The van der Waals surface area contributed by atoms with Crippen LogP contribution in [0.4, 0.5) is 0 Å². The van der Waals surface area contributed by atoms with Gasteiger partial charge in [0.2, 0.25) is 0 Å². The first-order chi connectivity index (χ1) is 12.2. The Hall–Kier alpha value is -2.46. The van der Waals surface area contributed by atoms with E-state index in [1.54, 1.807) is 13.2 Å². The molecular formula is C20H17ClO4. The van der Waals surface area contributed by atoms with Crippen LogP contribution < -0.4 is 15.1 Å². The molecule has 0 aliphatic heterocycles. The van der Waals surface area contributed by atoms with Gasteiger partial charge in [-0.15, -0.1) is 0 Å². The molecular weight excluding hydrogens is 340 g/mol. The summed E-state index contributed by atoms with van der Waals surface area (Å²) in [5.41, 5.74) is 3.02. The summed E-state index contributed by atoms with van der Waals surface area (Å²) in [4.78, 5) is 12.1. The van der Waals surface area contributed by atoms with Gasteiger partial charge in [0.15, 0.2) is 0 Å². The number of hydrogen-bond acceptors (Lipinski definition) is 4. The van der Waals surface area contributed by atoms with E-state index in [1.807, 2.05) is 30.3 Å². The van der Waals surface area contributed by atoms with E-state index in [-0.39, 0.29) is 5.63 Å². The fraction of sp³-hybridized carbons (Fsp3) is 0.250. The number of benzene rings is 2. The van der Waals surface area contributed by atoms with Gasteiger partial charge < -0.3 is 13.9 Å². The number of para-hydroxylation sites is 1. The maximum atomic E-state index is 12.1. The number of halogens is 1. The van der Waals surface area contributed by atoms with Gasteiger partial charge in [0, 0.05) is 22.6 Å². The quantitative estimate of drug-likeness (QED) is 0.645. The number of aryl methyl sites for hydroxylation is 1. The number of ether oxygens (including phenoxy) is 2. The van der Waals surface area contributed by atoms with E-state index in [4.69, 9.17) is 25.5 Å². The van der Waals surface area contributed by atoms with Crippen LogP contribution in [0.5, 0.6) is 11.5 Å². The number of methoxy groups -OCH3 is 1. The lowest BCUT2D eigenvalue weighted by atomic mass is 10.1. The molecule has 0 saturated heterocycles. The van der Waals surface area contributed by atoms with Crippen LogP contribution >= 0.6 is 11.6 Å². The third-order valence-electron chi connectivity index (χ3n) is 4.60. The molecule has 2 aromatic carbocycles. The topological polar surface area (TPSA) is 48.7 Å². The Balaban J connectivity index is 1.70. The highest BCUT2D eigenvalue weighted by atomic mass is 35.5. The molecule has 0 amide bonds. The van der Waals surface area contributed by atoms with Crippen LogP contribution in [0.2, 0.25) is 5.02 Å². The molecule has 0 fully saturated rings. The second-order valence-electron chi connectivity index (χ2n) is 6.08. The second-order valence-corrected chi connectivity index (χ2v) is 6.49. The van der Waals surface area contributed by atoms with E-state index >= 15 is 0 Å². The van der Waals surface area contributed by atoms with Crippen molar-refractivity contribution in [1.82, 2.24) is 0 Å². The minimum Gasteiger partial charge on any atom is -0.496 e. The lowest BCUT2D eigenvalue weighted by Crippen LogP contribution is -2.07. The Morgan fingerprint density at radius 1 is 1.12 bits per heavy atom. The lowest BCUT2D eigenvalue weighted by molar-refractivity contribution is 0.297. The van der Waals surface area contributed by atoms with E-state index in [1.165, 1.54) is 0 Å². The van der Waals surface area contributed by atoms with Gasteiger partial charge in [0.05, 0.1) is 12.1 Å². The van der Waals surface area contributed by atoms with Gasteiger partial charge in [0.1, 0.15) is 23.7 Å². The molecule has 128 valence electrons. The minimum atomic E-state index is -0.252. The largest absolute Gasteiger partial charge is 0.496 e. The molecule has 0 atom stereocenters. The van der Waals surface area contributed by atoms with Crippen molar-refractivity contribution >= 4 is 22.6 Å². The van der Waals surface area contributed by atoms with E-state index in [0.717, 1.165) is 47.1 Å². The summed E-state index contributed by atoms with van der Waals surface area (Å²) in [6, 6.07) is 11.2. The van der Waals surface area contributed by atoms with Crippen molar-refractivity contribution in [2.45, 2.75) is 25.9 Å². The Morgan fingerprint density at radius 3 is 2.76 bits per heavy atom. The highest BCUT2D eigenvalue weighted by Gasteiger charge is 2.21. The first kappa shape index (κ1) is 16.0. The molecule has 0 spiro atoms. The number of fused-ring (bicyclic) bond motifs is 3. The average molecular weight is 357 g/mol. The van der Waals surface area contributed by atoms with Crippen molar-refractivity contribution in [2.24, 2.45) is 0 Å². The highest BCUT2D eigenvalue weighted by Crippen LogP contribution is 2.35. The summed E-state index contributed by atoms with van der Waals surface area (Å²) in [5, 5.41) is 1.41. The van der Waals surface area contributed by atoms with E-state index in [9.17, 15) is 4.79 Å². The predicted molar refractivity (Wildman–Crippen MR) is 96.8 cm³/mol. The van der Waals surface area contributed by atoms with Crippen molar-refractivity contribution in [1.29, 1.82) is 0 Å². The summed E-state index contributed by atoms with van der Waals surface area (Å²) in [5.74, 6) is 1.24. The molecule has 0 unspecified atom stereocenters. The summed E-state index contributed by atoms with van der Waals surface area (Å²) in [7, 11) is 1.62. The summed E-state index contributed by atoms with van der Waals surface area (Å²) >= 11 is 6.41. The van der Waals surface area contributed by atoms with E-state index in [0.29, 0.717) is 23.0 Å². The zero-order chi connectivity index (χ0) is 17.4. The molecule has 4 nitrogen and oxygen atoms in total. The minimum absolute atomic E-state index is 0.252. The Labute approximate surface area is 149 Å². The predicted octanol–water partition coefficient (Wildman–Crippen LogP) is 4.52. The third kappa shape index (κ3) is 2.87. The van der Waals surface area contributed by atoms with Crippen LogP contribution in [0.25, 0.3) is 11.0 Å². The molecule has 1 aromatic heterocycles. The molecule has 1 aliphatic carbocycles. The monoisotopic (exact) mass is 356 g/mol. The van der Waals surface area contributed by atoms with Crippen LogP contribution in [0.3, 0.4) is 0 Å². The molecule has 1 aliphatic rings. The zero-order valence-electron chi connectivity index (χ0n) is 13.8. The normalized spacial score (nSPS) is 13.0. The Bertz CT molecular complexity index is 1010. The van der Waals surface area contributed by atoms with Gasteiger partial charge in [-0.05, 0) is 37.0 Å². The SMILES string of the molecule is COc1ccccc1COc1cc2oc(=O)c3c(c2cc1Cl)CCC3. The maximum absolute atomic E-state index is 12.1. The van der Waals surface area contributed by atoms with Gasteiger partial charge in [-0.1, -0.05) is 29.8 Å². The number of rotatable bonds is 4. The molecule has 4 rings (SSSR count). The number of hydrogen-bond donors (Lipinski definition) is 0. The molecule has 25 heavy (non-hydrogen) atoms. The maximum Gasteiger partial charge on any atom is 0.339 e. The van der Waals surface area contributed by atoms with Crippen molar-refractivity contribution in [3.05, 3.63) is 68.5 Å². The van der Waals surface area contributed by atoms with Gasteiger partial charge in [-0.25, -0.2) is 4.79 Å². The first-order valence-corrected chi connectivity index (χ1v) is 8.58. The van der Waals surface area contributed by atoms with Crippen LogP contribution in [0.15, 0.2) is 45.6 Å². The smallest absolute Gasteiger partial charge is 0.339 e. The second kappa shape index (κ2) is 6.45. The molecule has 0 N–H and O–H groups in total. The third-order valence-corrected chi connectivity index (χ3v) is 4.90. The van der Waals surface area contributed by atoms with Gasteiger partial charge >= 0.3 is 5.63 Å². The molecule has 5 heteroatoms. The lowest BCUT2D eigenvalue weighted by Gasteiger charge is -2.12. The van der Waals surface area contributed by atoms with E-state index in [2.05, 4.69) is 0 Å². The van der Waals surface area contributed by atoms with Crippen LogP contribution in [0.1, 0.15) is 23.1 Å². The standard InChI is InChI=1S/C20H17ClO4/c1-23-17-8-3-2-5-12(17)11-24-19-10-18-15(9-16(19)21)13-6-4-7-14(13)20(22)25-18/h2-3,5,8-10H,4,6-7,11H2,1H3. The van der Waals surface area contributed by atoms with Crippen molar-refractivity contribution in [3.63, 3.8) is 0 Å². The Morgan fingerprint density at radius 2 is 1.92 bits per heavy atom. The highest BCUT2D eigenvalue weighted by molar-refractivity contribution is 6.32. The first-order valence-electron chi connectivity index (χ1n) is 8.20. The van der Waals surface area contributed by atoms with Gasteiger partial charge in [-0.2, -0.15) is 0 Å². The Kier molecular flexibility index (Phi) is 4.14. The molecule has 0 saturated carbocycles. The summed E-state index contributed by atoms with van der Waals surface area (Å²) in [6.07, 6.45) is 2.63. The molecule has 0 bridgehead atoms. The molecule has 3 aromatic rings. The van der Waals surface area contributed by atoms with Crippen LogP contribution in [0, 0.1) is 0 Å². The summed E-state index contributed by atoms with van der Waals surface area (Å²) in [6.45, 7) is 0.310. The van der Waals surface area contributed by atoms with E-state index < -0.39 is 0 Å². The fourth-order valence-electron chi connectivity index (χ4n) is 3.37. The summed E-state index contributed by atoms with van der Waals surface area (Å²) < 4.78 is 16.7. The fourth-order valence-corrected chi connectivity index (χ4v) is 3.59. The van der Waals surface area contributed by atoms with Gasteiger partial charge in [0.25, 0.3) is 0 Å². The van der Waals surface area contributed by atoms with Gasteiger partial charge in [-0.3, -0.25) is 0 Å². The van der Waals surface area contributed by atoms with Crippen molar-refractivity contribution in [2.75, 3.05) is 7.11 Å². The van der Waals surface area contributed by atoms with Crippen LogP contribution in [-0.4, -0.2) is 7.11 Å². The molecule has 0 radical (unpaired) electrons. The van der Waals surface area contributed by atoms with Crippen LogP contribution in [-0.2, 0) is 19.4 Å². The van der Waals surface area contributed by atoms with Crippen molar-refractivity contribution in [3.8, 4) is 11.5 Å². The average Bonchev–Trinajstić information content (AvgIpc) is 3.12. The van der Waals surface area contributed by atoms with Crippen molar-refractivity contribution < 1.29 is 13.9 Å². The molecule has 1 heterocycles. The zero-order valence-corrected chi connectivity index (χ0v) is 14.6.